The molecule has 0 bridgehead atoms. The van der Waals surface area contributed by atoms with Crippen LogP contribution in [0.4, 0.5) is 0 Å². The summed E-state index contributed by atoms with van der Waals surface area (Å²) in [5, 5.41) is 3.12. The normalized spacial score (nSPS) is 11.8. The van der Waals surface area contributed by atoms with E-state index in [0.29, 0.717) is 24.3 Å². The zero-order chi connectivity index (χ0) is 15.8. The van der Waals surface area contributed by atoms with E-state index in [1.165, 1.54) is 14.2 Å². The number of methoxy groups -OCH3 is 2. The van der Waals surface area contributed by atoms with Crippen LogP contribution in [-0.4, -0.2) is 38.6 Å². The maximum Gasteiger partial charge on any atom is 0.305 e. The lowest BCUT2D eigenvalue weighted by molar-refractivity contribution is -0.140. The highest BCUT2D eigenvalue weighted by molar-refractivity contribution is 6.02. The Morgan fingerprint density at radius 2 is 2.00 bits per heavy atom. The van der Waals surface area contributed by atoms with Crippen LogP contribution < -0.4 is 10.1 Å². The van der Waals surface area contributed by atoms with Crippen LogP contribution in [-0.2, 0) is 9.53 Å². The van der Waals surface area contributed by atoms with Crippen LogP contribution in [0.3, 0.4) is 0 Å². The third kappa shape index (κ3) is 4.86. The number of hydrogen-bond acceptors (Lipinski definition) is 5. The Kier molecular flexibility index (Phi) is 6.88. The lowest BCUT2D eigenvalue weighted by atomic mass is 9.98. The van der Waals surface area contributed by atoms with Crippen molar-refractivity contribution >= 4 is 11.8 Å². The van der Waals surface area contributed by atoms with Gasteiger partial charge in [-0.25, -0.2) is 0 Å². The zero-order valence-electron chi connectivity index (χ0n) is 13.1. The van der Waals surface area contributed by atoms with E-state index in [4.69, 9.17) is 4.74 Å². The molecule has 0 aromatic heterocycles. The van der Waals surface area contributed by atoms with E-state index >= 15 is 0 Å². The summed E-state index contributed by atoms with van der Waals surface area (Å²) in [5.74, 6) is 0.162. The Bertz CT molecular complexity index is 499. The first-order valence-corrected chi connectivity index (χ1v) is 7.02. The van der Waals surface area contributed by atoms with Gasteiger partial charge in [0, 0.05) is 6.42 Å². The molecule has 5 nitrogen and oxygen atoms in total. The van der Waals surface area contributed by atoms with Crippen molar-refractivity contribution in [2.24, 2.45) is 0 Å². The van der Waals surface area contributed by atoms with Crippen LogP contribution >= 0.6 is 0 Å². The molecule has 0 aliphatic heterocycles. The maximum absolute atomic E-state index is 12.7. The summed E-state index contributed by atoms with van der Waals surface area (Å²) in [5.41, 5.74) is 1.52. The molecule has 0 fully saturated rings. The van der Waals surface area contributed by atoms with Gasteiger partial charge < -0.3 is 14.8 Å². The van der Waals surface area contributed by atoms with Gasteiger partial charge in [0.1, 0.15) is 5.75 Å². The number of carbonyl (C=O) groups excluding carboxylic acids is 2. The van der Waals surface area contributed by atoms with Gasteiger partial charge in [-0.2, -0.15) is 0 Å². The van der Waals surface area contributed by atoms with Gasteiger partial charge in [0.15, 0.2) is 5.78 Å². The van der Waals surface area contributed by atoms with Gasteiger partial charge in [0.25, 0.3) is 0 Å². The van der Waals surface area contributed by atoms with Gasteiger partial charge >= 0.3 is 5.97 Å². The average Bonchev–Trinajstić information content (AvgIpc) is 2.50. The second-order valence-electron chi connectivity index (χ2n) is 4.79. The molecule has 0 saturated carbocycles. The van der Waals surface area contributed by atoms with E-state index in [-0.39, 0.29) is 18.2 Å². The summed E-state index contributed by atoms with van der Waals surface area (Å²) in [4.78, 5) is 23.9. The molecule has 0 heterocycles. The van der Waals surface area contributed by atoms with Crippen molar-refractivity contribution in [3.63, 3.8) is 0 Å². The predicted octanol–water partition coefficient (Wildman–Crippen LogP) is 2.12. The fraction of sp³-hybridized carbons (Fsp3) is 0.500. The SMILES string of the molecule is CCNC(CCC(=O)OC)C(=O)c1cc(C)ccc1OC. The van der Waals surface area contributed by atoms with Gasteiger partial charge in [0.05, 0.1) is 25.8 Å². The minimum absolute atomic E-state index is 0.0682. The Balaban J connectivity index is 2.94. The third-order valence-electron chi connectivity index (χ3n) is 3.25. The number of ether oxygens (including phenoxy) is 2. The van der Waals surface area contributed by atoms with Crippen LogP contribution in [0.15, 0.2) is 18.2 Å². The Hall–Kier alpha value is -1.88. The van der Waals surface area contributed by atoms with E-state index in [2.05, 4.69) is 10.1 Å². The predicted molar refractivity (Wildman–Crippen MR) is 80.8 cm³/mol. The summed E-state index contributed by atoms with van der Waals surface area (Å²) < 4.78 is 9.88. The minimum atomic E-state index is -0.426. The number of ketones is 1. The molecule has 0 aliphatic rings. The topological polar surface area (TPSA) is 64.6 Å². The highest BCUT2D eigenvalue weighted by Crippen LogP contribution is 2.22. The molecular weight excluding hydrogens is 270 g/mol. The molecule has 116 valence electrons. The highest BCUT2D eigenvalue weighted by atomic mass is 16.5. The molecule has 1 atom stereocenters. The number of aryl methyl sites for hydroxylation is 1. The molecule has 21 heavy (non-hydrogen) atoms. The molecule has 1 aromatic rings. The Labute approximate surface area is 125 Å². The number of nitrogens with one attached hydrogen (secondary N) is 1. The lowest BCUT2D eigenvalue weighted by Gasteiger charge is -2.18. The first-order chi connectivity index (χ1) is 10.0. The Morgan fingerprint density at radius 3 is 2.57 bits per heavy atom. The number of rotatable bonds is 8. The molecule has 1 N–H and O–H groups in total. The van der Waals surface area contributed by atoms with Crippen molar-refractivity contribution in [2.45, 2.75) is 32.7 Å². The third-order valence-corrected chi connectivity index (χ3v) is 3.25. The van der Waals surface area contributed by atoms with Crippen LogP contribution in [0.1, 0.15) is 35.7 Å². The molecule has 0 saturated heterocycles. The van der Waals surface area contributed by atoms with Crippen molar-refractivity contribution in [3.8, 4) is 5.75 Å². The van der Waals surface area contributed by atoms with Crippen LogP contribution in [0.5, 0.6) is 5.75 Å². The van der Waals surface area contributed by atoms with Gasteiger partial charge in [-0.3, -0.25) is 9.59 Å². The molecule has 1 rings (SSSR count). The number of hydrogen-bond donors (Lipinski definition) is 1. The molecule has 0 radical (unpaired) electrons. The molecular formula is C16H23NO4. The Morgan fingerprint density at radius 1 is 1.29 bits per heavy atom. The van der Waals surface area contributed by atoms with E-state index < -0.39 is 6.04 Å². The standard InChI is InChI=1S/C16H23NO4/c1-5-17-13(7-9-15(18)21-4)16(19)12-10-11(2)6-8-14(12)20-3/h6,8,10,13,17H,5,7,9H2,1-4H3. The number of Topliss-reactive ketones (excluding diaryl/α,β-unsaturated/α-hetero) is 1. The van der Waals surface area contributed by atoms with Gasteiger partial charge in [0.2, 0.25) is 0 Å². The molecule has 5 heteroatoms. The molecule has 1 aromatic carbocycles. The zero-order valence-corrected chi connectivity index (χ0v) is 13.1. The fourth-order valence-electron chi connectivity index (χ4n) is 2.14. The second kappa shape index (κ2) is 8.42. The maximum atomic E-state index is 12.7. The van der Waals surface area contributed by atoms with Gasteiger partial charge in [-0.15, -0.1) is 0 Å². The number of esters is 1. The van der Waals surface area contributed by atoms with Gasteiger partial charge in [-0.1, -0.05) is 18.6 Å². The van der Waals surface area contributed by atoms with Crippen LogP contribution in [0.2, 0.25) is 0 Å². The summed E-state index contributed by atoms with van der Waals surface area (Å²) in [6.07, 6.45) is 0.602. The van der Waals surface area contributed by atoms with E-state index in [1.54, 1.807) is 6.07 Å². The quantitative estimate of drug-likeness (QED) is 0.587. The fourth-order valence-corrected chi connectivity index (χ4v) is 2.14. The molecule has 0 amide bonds. The first kappa shape index (κ1) is 17.2. The summed E-state index contributed by atoms with van der Waals surface area (Å²) in [7, 11) is 2.88. The first-order valence-electron chi connectivity index (χ1n) is 7.02. The van der Waals surface area contributed by atoms with Gasteiger partial charge in [-0.05, 0) is 32.0 Å². The average molecular weight is 293 g/mol. The summed E-state index contributed by atoms with van der Waals surface area (Å²) in [6.45, 7) is 4.49. The lowest BCUT2D eigenvalue weighted by Crippen LogP contribution is -2.37. The van der Waals surface area contributed by atoms with Crippen molar-refractivity contribution in [2.75, 3.05) is 20.8 Å². The minimum Gasteiger partial charge on any atom is -0.496 e. The number of likely N-dealkylation sites (N-methyl/N-ethyl adjacent to an activating group) is 1. The van der Waals surface area contributed by atoms with Crippen molar-refractivity contribution < 1.29 is 19.1 Å². The molecule has 1 unspecified atom stereocenters. The molecule has 0 aliphatic carbocycles. The number of carbonyl (C=O) groups is 2. The van der Waals surface area contributed by atoms with E-state index in [1.807, 2.05) is 26.0 Å². The van der Waals surface area contributed by atoms with Crippen molar-refractivity contribution in [3.05, 3.63) is 29.3 Å². The van der Waals surface area contributed by atoms with E-state index in [9.17, 15) is 9.59 Å². The summed E-state index contributed by atoms with van der Waals surface area (Å²) >= 11 is 0. The van der Waals surface area contributed by atoms with Crippen molar-refractivity contribution in [1.82, 2.24) is 5.32 Å². The second-order valence-corrected chi connectivity index (χ2v) is 4.79. The van der Waals surface area contributed by atoms with Crippen LogP contribution in [0.25, 0.3) is 0 Å². The highest BCUT2D eigenvalue weighted by Gasteiger charge is 2.23. The largest absolute Gasteiger partial charge is 0.496 e. The van der Waals surface area contributed by atoms with Crippen molar-refractivity contribution in [1.29, 1.82) is 0 Å². The van der Waals surface area contributed by atoms with E-state index in [0.717, 1.165) is 5.56 Å². The molecule has 0 spiro atoms. The van der Waals surface area contributed by atoms with Crippen LogP contribution in [0, 0.1) is 6.92 Å². The monoisotopic (exact) mass is 293 g/mol. The smallest absolute Gasteiger partial charge is 0.305 e. The summed E-state index contributed by atoms with van der Waals surface area (Å²) in [6, 6.07) is 5.06. The number of benzene rings is 1.